The summed E-state index contributed by atoms with van der Waals surface area (Å²) >= 11 is 1.41. The van der Waals surface area contributed by atoms with E-state index in [9.17, 15) is 9.59 Å². The SMILES string of the molecule is CSc1cc(C2CCN(C(=O)C(C)C)CC2)[nH]c(=O)c1C#N. The highest BCUT2D eigenvalue weighted by Crippen LogP contribution is 2.29. The second-order valence-electron chi connectivity index (χ2n) is 5.86. The largest absolute Gasteiger partial charge is 0.342 e. The van der Waals surface area contributed by atoms with Crippen LogP contribution in [0.1, 0.15) is 43.9 Å². The lowest BCUT2D eigenvalue weighted by molar-refractivity contribution is -0.135. The van der Waals surface area contributed by atoms with Crippen molar-refractivity contribution in [3.8, 4) is 6.07 Å². The van der Waals surface area contributed by atoms with E-state index in [2.05, 4.69) is 4.98 Å². The van der Waals surface area contributed by atoms with Gasteiger partial charge in [-0.05, 0) is 25.2 Å². The molecule has 6 heteroatoms. The maximum Gasteiger partial charge on any atom is 0.267 e. The first kappa shape index (κ1) is 16.6. The molecule has 0 spiro atoms. The van der Waals surface area contributed by atoms with Gasteiger partial charge in [0.2, 0.25) is 5.91 Å². The first-order valence-electron chi connectivity index (χ1n) is 7.48. The van der Waals surface area contributed by atoms with Crippen LogP contribution in [0.5, 0.6) is 0 Å². The molecule has 0 unspecified atom stereocenters. The van der Waals surface area contributed by atoms with Gasteiger partial charge in [-0.15, -0.1) is 11.8 Å². The molecule has 22 heavy (non-hydrogen) atoms. The summed E-state index contributed by atoms with van der Waals surface area (Å²) in [6.45, 7) is 5.27. The van der Waals surface area contributed by atoms with E-state index >= 15 is 0 Å². The number of nitrogens with one attached hydrogen (secondary N) is 1. The molecule has 0 radical (unpaired) electrons. The molecule has 1 amide bonds. The maximum absolute atomic E-state index is 12.0. The minimum absolute atomic E-state index is 0.0226. The number of likely N-dealkylation sites (tertiary alicyclic amines) is 1. The Kier molecular flexibility index (Phi) is 5.30. The lowest BCUT2D eigenvalue weighted by Crippen LogP contribution is -2.40. The van der Waals surface area contributed by atoms with Crippen molar-refractivity contribution in [3.63, 3.8) is 0 Å². The highest BCUT2D eigenvalue weighted by molar-refractivity contribution is 7.98. The van der Waals surface area contributed by atoms with E-state index in [0.29, 0.717) is 0 Å². The fourth-order valence-corrected chi connectivity index (χ4v) is 3.41. The topological polar surface area (TPSA) is 77.0 Å². The second kappa shape index (κ2) is 7.01. The number of H-pyrrole nitrogens is 1. The van der Waals surface area contributed by atoms with E-state index in [1.54, 1.807) is 0 Å². The molecule has 1 aliphatic heterocycles. The smallest absolute Gasteiger partial charge is 0.267 e. The Morgan fingerprint density at radius 3 is 2.59 bits per heavy atom. The van der Waals surface area contributed by atoms with Gasteiger partial charge in [0, 0.05) is 35.5 Å². The molecule has 2 rings (SSSR count). The molecule has 0 atom stereocenters. The average Bonchev–Trinajstić information content (AvgIpc) is 2.53. The monoisotopic (exact) mass is 319 g/mol. The molecule has 0 aliphatic carbocycles. The van der Waals surface area contributed by atoms with Gasteiger partial charge in [-0.2, -0.15) is 5.26 Å². The van der Waals surface area contributed by atoms with Gasteiger partial charge < -0.3 is 9.88 Å². The number of amides is 1. The number of hydrogen-bond acceptors (Lipinski definition) is 4. The summed E-state index contributed by atoms with van der Waals surface area (Å²) in [6, 6.07) is 3.87. The first-order valence-corrected chi connectivity index (χ1v) is 8.70. The third-order valence-electron chi connectivity index (χ3n) is 4.09. The number of hydrogen-bond donors (Lipinski definition) is 1. The number of piperidine rings is 1. The Morgan fingerprint density at radius 2 is 2.09 bits per heavy atom. The van der Waals surface area contributed by atoms with Gasteiger partial charge in [0.1, 0.15) is 11.6 Å². The van der Waals surface area contributed by atoms with Crippen molar-refractivity contribution < 1.29 is 4.79 Å². The Balaban J connectivity index is 2.15. The standard InChI is InChI=1S/C16H21N3O2S/c1-10(2)16(21)19-6-4-11(5-7-19)13-8-14(22-3)12(9-17)15(20)18-13/h8,10-11H,4-7H2,1-3H3,(H,18,20). The average molecular weight is 319 g/mol. The zero-order chi connectivity index (χ0) is 16.3. The van der Waals surface area contributed by atoms with Gasteiger partial charge >= 0.3 is 0 Å². The van der Waals surface area contributed by atoms with Crippen molar-refractivity contribution in [2.75, 3.05) is 19.3 Å². The summed E-state index contributed by atoms with van der Waals surface area (Å²) in [5.74, 6) is 0.452. The molecule has 1 aliphatic rings. The van der Waals surface area contributed by atoms with Crippen LogP contribution in [0.3, 0.4) is 0 Å². The van der Waals surface area contributed by atoms with Crippen molar-refractivity contribution in [1.82, 2.24) is 9.88 Å². The van der Waals surface area contributed by atoms with Crippen LogP contribution >= 0.6 is 11.8 Å². The molecule has 2 heterocycles. The highest BCUT2D eigenvalue weighted by atomic mass is 32.2. The third kappa shape index (κ3) is 3.36. The Bertz CT molecular complexity index is 652. The van der Waals surface area contributed by atoms with E-state index < -0.39 is 0 Å². The van der Waals surface area contributed by atoms with Gasteiger partial charge in [0.15, 0.2) is 0 Å². The predicted octanol–water partition coefficient (Wildman–Crippen LogP) is 2.33. The molecular formula is C16H21N3O2S. The summed E-state index contributed by atoms with van der Waals surface area (Å²) in [6.07, 6.45) is 3.55. The Labute approximate surface area is 134 Å². The molecule has 5 nitrogen and oxygen atoms in total. The molecular weight excluding hydrogens is 298 g/mol. The lowest BCUT2D eigenvalue weighted by atomic mass is 9.92. The van der Waals surface area contributed by atoms with Crippen LogP contribution in [-0.2, 0) is 4.79 Å². The number of aromatic nitrogens is 1. The summed E-state index contributed by atoms with van der Waals surface area (Å²) in [5, 5.41) is 9.05. The van der Waals surface area contributed by atoms with Gasteiger partial charge in [-0.3, -0.25) is 9.59 Å². The van der Waals surface area contributed by atoms with Crippen molar-refractivity contribution in [1.29, 1.82) is 5.26 Å². The van der Waals surface area contributed by atoms with Gasteiger partial charge in [0.25, 0.3) is 5.56 Å². The number of thioether (sulfide) groups is 1. The minimum Gasteiger partial charge on any atom is -0.342 e. The third-order valence-corrected chi connectivity index (χ3v) is 4.85. The fraction of sp³-hybridized carbons (Fsp3) is 0.562. The van der Waals surface area contributed by atoms with E-state index in [1.807, 2.05) is 37.1 Å². The quantitative estimate of drug-likeness (QED) is 0.868. The van der Waals surface area contributed by atoms with E-state index in [4.69, 9.17) is 5.26 Å². The Morgan fingerprint density at radius 1 is 1.45 bits per heavy atom. The first-order chi connectivity index (χ1) is 10.5. The Hall–Kier alpha value is -1.74. The second-order valence-corrected chi connectivity index (χ2v) is 6.71. The number of pyridine rings is 1. The van der Waals surface area contributed by atoms with Crippen LogP contribution in [0.15, 0.2) is 15.8 Å². The molecule has 0 saturated carbocycles. The van der Waals surface area contributed by atoms with E-state index in [1.165, 1.54) is 11.8 Å². The number of rotatable bonds is 3. The predicted molar refractivity (Wildman–Crippen MR) is 87.0 cm³/mol. The minimum atomic E-state index is -0.315. The molecule has 1 saturated heterocycles. The molecule has 1 aromatic heterocycles. The fourth-order valence-electron chi connectivity index (χ4n) is 2.82. The van der Waals surface area contributed by atoms with Crippen LogP contribution in [0.25, 0.3) is 0 Å². The van der Waals surface area contributed by atoms with Crippen molar-refractivity contribution in [3.05, 3.63) is 27.7 Å². The molecule has 1 fully saturated rings. The zero-order valence-electron chi connectivity index (χ0n) is 13.2. The summed E-state index contributed by atoms with van der Waals surface area (Å²) < 4.78 is 0. The van der Waals surface area contributed by atoms with Crippen LogP contribution < -0.4 is 5.56 Å². The summed E-state index contributed by atoms with van der Waals surface area (Å²) in [5.41, 5.74) is 0.749. The number of aromatic amines is 1. The van der Waals surface area contributed by atoms with E-state index in [0.717, 1.165) is 36.5 Å². The molecule has 1 N–H and O–H groups in total. The summed E-state index contributed by atoms with van der Waals surface area (Å²) in [7, 11) is 0. The highest BCUT2D eigenvalue weighted by Gasteiger charge is 2.26. The molecule has 118 valence electrons. The molecule has 1 aromatic rings. The normalized spacial score (nSPS) is 15.9. The van der Waals surface area contributed by atoms with Gasteiger partial charge in [-0.25, -0.2) is 0 Å². The van der Waals surface area contributed by atoms with Crippen LogP contribution in [0.4, 0.5) is 0 Å². The van der Waals surface area contributed by atoms with E-state index in [-0.39, 0.29) is 28.9 Å². The number of nitriles is 1. The lowest BCUT2D eigenvalue weighted by Gasteiger charge is -2.33. The molecule has 0 aromatic carbocycles. The van der Waals surface area contributed by atoms with Crippen LogP contribution in [-0.4, -0.2) is 35.1 Å². The van der Waals surface area contributed by atoms with Crippen molar-refractivity contribution in [2.45, 2.75) is 37.5 Å². The maximum atomic E-state index is 12.0. The van der Waals surface area contributed by atoms with Crippen molar-refractivity contribution >= 4 is 17.7 Å². The molecule has 0 bridgehead atoms. The van der Waals surface area contributed by atoms with Crippen molar-refractivity contribution in [2.24, 2.45) is 5.92 Å². The number of carbonyl (C=O) groups is 1. The summed E-state index contributed by atoms with van der Waals surface area (Å²) in [4.78, 5) is 29.5. The van der Waals surface area contributed by atoms with Crippen LogP contribution in [0.2, 0.25) is 0 Å². The van der Waals surface area contributed by atoms with Gasteiger partial charge in [0.05, 0.1) is 0 Å². The van der Waals surface area contributed by atoms with Crippen LogP contribution in [0, 0.1) is 17.2 Å². The number of nitrogens with zero attached hydrogens (tertiary/aromatic N) is 2. The van der Waals surface area contributed by atoms with Gasteiger partial charge in [-0.1, -0.05) is 13.8 Å². The zero-order valence-corrected chi connectivity index (χ0v) is 14.0. The number of carbonyl (C=O) groups excluding carboxylic acids is 1.